The van der Waals surface area contributed by atoms with E-state index in [0.717, 1.165) is 33.7 Å². The van der Waals surface area contributed by atoms with E-state index < -0.39 is 0 Å². The number of anilines is 1. The van der Waals surface area contributed by atoms with Crippen molar-refractivity contribution >= 4 is 28.3 Å². The fraction of sp³-hybridized carbons (Fsp3) is 0.133. The Balaban J connectivity index is 2.30. The Hall–Kier alpha value is -2.00. The molecule has 0 bridgehead atoms. The van der Waals surface area contributed by atoms with Gasteiger partial charge in [0, 0.05) is 23.3 Å². The summed E-state index contributed by atoms with van der Waals surface area (Å²) in [5.41, 5.74) is 10.8. The van der Waals surface area contributed by atoms with Crippen molar-refractivity contribution < 1.29 is 0 Å². The summed E-state index contributed by atoms with van der Waals surface area (Å²) in [7, 11) is 1.99. The fourth-order valence-corrected chi connectivity index (χ4v) is 2.44. The van der Waals surface area contributed by atoms with E-state index in [0.29, 0.717) is 5.02 Å². The van der Waals surface area contributed by atoms with Gasteiger partial charge in [0.15, 0.2) is 0 Å². The molecule has 4 heteroatoms. The molecule has 0 aliphatic carbocycles. The summed E-state index contributed by atoms with van der Waals surface area (Å²) < 4.78 is 2.04. The molecular formula is C15H14ClN3. The van der Waals surface area contributed by atoms with Gasteiger partial charge in [0.1, 0.15) is 5.82 Å². The molecule has 0 radical (unpaired) electrons. The molecule has 0 spiro atoms. The highest BCUT2D eigenvalue weighted by atomic mass is 35.5. The number of hydrogen-bond donors (Lipinski definition) is 1. The molecule has 0 amide bonds. The van der Waals surface area contributed by atoms with Gasteiger partial charge in [0.05, 0.1) is 11.0 Å². The molecule has 2 aromatic carbocycles. The van der Waals surface area contributed by atoms with Gasteiger partial charge in [0.25, 0.3) is 0 Å². The van der Waals surface area contributed by atoms with Crippen LogP contribution in [0.2, 0.25) is 5.02 Å². The number of fused-ring (bicyclic) bond motifs is 1. The first-order chi connectivity index (χ1) is 9.06. The molecule has 0 fully saturated rings. The summed E-state index contributed by atoms with van der Waals surface area (Å²) in [6.45, 7) is 2.04. The molecule has 0 unspecified atom stereocenters. The Morgan fingerprint density at radius 3 is 2.74 bits per heavy atom. The van der Waals surface area contributed by atoms with Crippen LogP contribution in [0.5, 0.6) is 0 Å². The molecule has 0 aliphatic heterocycles. The number of rotatable bonds is 1. The topological polar surface area (TPSA) is 43.8 Å². The lowest BCUT2D eigenvalue weighted by atomic mass is 10.1. The van der Waals surface area contributed by atoms with Crippen molar-refractivity contribution in [1.82, 2.24) is 9.55 Å². The average molecular weight is 272 g/mol. The fourth-order valence-electron chi connectivity index (χ4n) is 2.28. The molecule has 0 saturated heterocycles. The maximum atomic E-state index is 6.06. The minimum absolute atomic E-state index is 0.689. The van der Waals surface area contributed by atoms with Crippen molar-refractivity contribution in [2.24, 2.45) is 7.05 Å². The highest BCUT2D eigenvalue weighted by Gasteiger charge is 2.12. The predicted molar refractivity (Wildman–Crippen MR) is 80.3 cm³/mol. The minimum Gasteiger partial charge on any atom is -0.398 e. The highest BCUT2D eigenvalue weighted by Crippen LogP contribution is 2.29. The standard InChI is InChI=1S/C15H14ClN3/c1-9-3-5-12(17)11(7-9)15-18-13-8-10(16)4-6-14(13)19(15)2/h3-8H,17H2,1-2H3. The van der Waals surface area contributed by atoms with Crippen LogP contribution < -0.4 is 5.73 Å². The zero-order valence-corrected chi connectivity index (χ0v) is 11.6. The van der Waals surface area contributed by atoms with Gasteiger partial charge < -0.3 is 10.3 Å². The van der Waals surface area contributed by atoms with Crippen LogP contribution in [-0.4, -0.2) is 9.55 Å². The number of imidazole rings is 1. The summed E-state index contributed by atoms with van der Waals surface area (Å²) in [4.78, 5) is 4.64. The molecular weight excluding hydrogens is 258 g/mol. The summed E-state index contributed by atoms with van der Waals surface area (Å²) in [5.74, 6) is 0.860. The number of benzene rings is 2. The van der Waals surface area contributed by atoms with E-state index in [1.165, 1.54) is 0 Å². The first kappa shape index (κ1) is 12.1. The lowest BCUT2D eigenvalue weighted by Crippen LogP contribution is -1.97. The third-order valence-electron chi connectivity index (χ3n) is 3.29. The molecule has 96 valence electrons. The average Bonchev–Trinajstić information content (AvgIpc) is 2.69. The molecule has 3 nitrogen and oxygen atoms in total. The van der Waals surface area contributed by atoms with Crippen LogP contribution in [0.25, 0.3) is 22.4 Å². The Morgan fingerprint density at radius 1 is 1.16 bits per heavy atom. The predicted octanol–water partition coefficient (Wildman–Crippen LogP) is 3.78. The monoisotopic (exact) mass is 271 g/mol. The van der Waals surface area contributed by atoms with Crippen LogP contribution in [0.4, 0.5) is 5.69 Å². The third-order valence-corrected chi connectivity index (χ3v) is 3.53. The largest absolute Gasteiger partial charge is 0.398 e. The molecule has 1 aromatic heterocycles. The Morgan fingerprint density at radius 2 is 1.95 bits per heavy atom. The Bertz CT molecular complexity index is 774. The first-order valence-corrected chi connectivity index (χ1v) is 6.42. The number of halogens is 1. The van der Waals surface area contributed by atoms with Crippen molar-refractivity contribution in [3.63, 3.8) is 0 Å². The van der Waals surface area contributed by atoms with Crippen LogP contribution >= 0.6 is 11.6 Å². The van der Waals surface area contributed by atoms with E-state index in [1.54, 1.807) is 0 Å². The van der Waals surface area contributed by atoms with Crippen LogP contribution in [0.1, 0.15) is 5.56 Å². The number of aromatic nitrogens is 2. The number of aryl methyl sites for hydroxylation is 2. The second kappa shape index (κ2) is 4.28. The van der Waals surface area contributed by atoms with E-state index in [4.69, 9.17) is 17.3 Å². The molecule has 0 aliphatic rings. The first-order valence-electron chi connectivity index (χ1n) is 6.05. The molecule has 3 aromatic rings. The number of nitrogens with two attached hydrogens (primary N) is 1. The number of nitrogen functional groups attached to an aromatic ring is 1. The second-order valence-electron chi connectivity index (χ2n) is 4.72. The zero-order valence-electron chi connectivity index (χ0n) is 10.8. The SMILES string of the molecule is Cc1ccc(N)c(-c2nc3cc(Cl)ccc3n2C)c1. The molecule has 2 N–H and O–H groups in total. The normalized spacial score (nSPS) is 11.1. The van der Waals surface area contributed by atoms with E-state index in [2.05, 4.69) is 11.1 Å². The molecule has 19 heavy (non-hydrogen) atoms. The highest BCUT2D eigenvalue weighted by molar-refractivity contribution is 6.31. The van der Waals surface area contributed by atoms with Gasteiger partial charge in [-0.25, -0.2) is 4.98 Å². The maximum Gasteiger partial charge on any atom is 0.142 e. The lowest BCUT2D eigenvalue weighted by molar-refractivity contribution is 0.959. The van der Waals surface area contributed by atoms with E-state index in [1.807, 2.05) is 48.9 Å². The van der Waals surface area contributed by atoms with Crippen molar-refractivity contribution in [2.45, 2.75) is 6.92 Å². The lowest BCUT2D eigenvalue weighted by Gasteiger charge is -2.07. The second-order valence-corrected chi connectivity index (χ2v) is 5.15. The van der Waals surface area contributed by atoms with Crippen molar-refractivity contribution in [3.05, 3.63) is 47.0 Å². The van der Waals surface area contributed by atoms with Gasteiger partial charge in [-0.05, 0) is 37.3 Å². The van der Waals surface area contributed by atoms with E-state index >= 15 is 0 Å². The van der Waals surface area contributed by atoms with Gasteiger partial charge in [-0.2, -0.15) is 0 Å². The summed E-state index contributed by atoms with van der Waals surface area (Å²) in [6, 6.07) is 11.7. The van der Waals surface area contributed by atoms with Crippen molar-refractivity contribution in [2.75, 3.05) is 5.73 Å². The van der Waals surface area contributed by atoms with Crippen LogP contribution in [0.15, 0.2) is 36.4 Å². The molecule has 1 heterocycles. The van der Waals surface area contributed by atoms with E-state index in [-0.39, 0.29) is 0 Å². The summed E-state index contributed by atoms with van der Waals surface area (Å²) >= 11 is 6.01. The minimum atomic E-state index is 0.689. The number of hydrogen-bond acceptors (Lipinski definition) is 2. The molecule has 3 rings (SSSR count). The van der Waals surface area contributed by atoms with Gasteiger partial charge in [-0.1, -0.05) is 23.2 Å². The maximum absolute atomic E-state index is 6.06. The van der Waals surface area contributed by atoms with E-state index in [9.17, 15) is 0 Å². The summed E-state index contributed by atoms with van der Waals surface area (Å²) in [5, 5.41) is 0.689. The van der Waals surface area contributed by atoms with Gasteiger partial charge in [-0.3, -0.25) is 0 Å². The van der Waals surface area contributed by atoms with Crippen molar-refractivity contribution in [3.8, 4) is 11.4 Å². The van der Waals surface area contributed by atoms with Gasteiger partial charge in [0.2, 0.25) is 0 Å². The van der Waals surface area contributed by atoms with Crippen molar-refractivity contribution in [1.29, 1.82) is 0 Å². The van der Waals surface area contributed by atoms with Crippen LogP contribution in [0.3, 0.4) is 0 Å². The Kier molecular flexibility index (Phi) is 2.72. The summed E-state index contributed by atoms with van der Waals surface area (Å²) in [6.07, 6.45) is 0. The third kappa shape index (κ3) is 1.96. The molecule has 0 saturated carbocycles. The van der Waals surface area contributed by atoms with Gasteiger partial charge in [-0.15, -0.1) is 0 Å². The molecule has 0 atom stereocenters. The zero-order chi connectivity index (χ0) is 13.6. The van der Waals surface area contributed by atoms with Crippen LogP contribution in [0, 0.1) is 6.92 Å². The quantitative estimate of drug-likeness (QED) is 0.685. The van der Waals surface area contributed by atoms with Crippen LogP contribution in [-0.2, 0) is 7.05 Å². The number of nitrogens with zero attached hydrogens (tertiary/aromatic N) is 2. The Labute approximate surface area is 116 Å². The smallest absolute Gasteiger partial charge is 0.142 e. The van der Waals surface area contributed by atoms with Gasteiger partial charge >= 0.3 is 0 Å².